The second-order valence-corrected chi connectivity index (χ2v) is 9.12. The van der Waals surface area contributed by atoms with Crippen LogP contribution in [-0.4, -0.2) is 4.98 Å². The van der Waals surface area contributed by atoms with Gasteiger partial charge < -0.3 is 9.64 Å². The van der Waals surface area contributed by atoms with Crippen molar-refractivity contribution >= 4 is 38.6 Å². The molecule has 0 bridgehead atoms. The fourth-order valence-corrected chi connectivity index (χ4v) is 5.07. The van der Waals surface area contributed by atoms with Gasteiger partial charge in [0.25, 0.3) is 0 Å². The lowest BCUT2D eigenvalue weighted by atomic mass is 10.1. The number of rotatable bonds is 6. The van der Waals surface area contributed by atoms with Gasteiger partial charge >= 0.3 is 0 Å². The molecule has 6 aromatic rings. The molecule has 0 radical (unpaired) electrons. The van der Waals surface area contributed by atoms with E-state index in [4.69, 9.17) is 9.72 Å². The van der Waals surface area contributed by atoms with Gasteiger partial charge in [-0.25, -0.2) is 4.98 Å². The summed E-state index contributed by atoms with van der Waals surface area (Å²) < 4.78 is 7.68. The van der Waals surface area contributed by atoms with Crippen LogP contribution in [0.15, 0.2) is 133 Å². The van der Waals surface area contributed by atoms with Gasteiger partial charge in [0.1, 0.15) is 10.8 Å². The highest BCUT2D eigenvalue weighted by Crippen LogP contribution is 2.44. The van der Waals surface area contributed by atoms with Crippen molar-refractivity contribution in [3.05, 3.63) is 133 Å². The molecule has 0 aliphatic carbocycles. The predicted molar refractivity (Wildman–Crippen MR) is 146 cm³/mol. The maximum Gasteiger partial charge on any atom is 0.152 e. The minimum Gasteiger partial charge on any atom is -0.455 e. The standard InChI is InChI=1S/C31H22N2OS/c1-4-12-24(13-5-1)33(25-14-6-2-7-15-25)28-21-20-23(22-29(28)34-26-16-8-3-9-17-26)31-32-27-18-10-11-19-30(27)35-31/h1-22H. The highest BCUT2D eigenvalue weighted by atomic mass is 32.1. The normalized spacial score (nSPS) is 10.9. The Morgan fingerprint density at radius 1 is 0.600 bits per heavy atom. The summed E-state index contributed by atoms with van der Waals surface area (Å²) in [5, 5.41) is 0.974. The summed E-state index contributed by atoms with van der Waals surface area (Å²) in [6.45, 7) is 0. The number of anilines is 3. The third-order valence-electron chi connectivity index (χ3n) is 5.74. The Labute approximate surface area is 208 Å². The Balaban J connectivity index is 1.52. The zero-order valence-corrected chi connectivity index (χ0v) is 19.7. The van der Waals surface area contributed by atoms with E-state index in [1.807, 2.05) is 48.5 Å². The van der Waals surface area contributed by atoms with Crippen molar-refractivity contribution in [1.82, 2.24) is 4.98 Å². The molecular weight excluding hydrogens is 448 g/mol. The lowest BCUT2D eigenvalue weighted by Crippen LogP contribution is -2.11. The lowest BCUT2D eigenvalue weighted by molar-refractivity contribution is 0.484. The summed E-state index contributed by atoms with van der Waals surface area (Å²) in [4.78, 5) is 7.09. The molecule has 0 saturated heterocycles. The van der Waals surface area contributed by atoms with E-state index in [-0.39, 0.29) is 0 Å². The van der Waals surface area contributed by atoms with Crippen molar-refractivity contribution < 1.29 is 4.74 Å². The highest BCUT2D eigenvalue weighted by molar-refractivity contribution is 7.21. The number of fused-ring (bicyclic) bond motifs is 1. The van der Waals surface area contributed by atoms with Crippen LogP contribution < -0.4 is 9.64 Å². The first-order valence-corrected chi connectivity index (χ1v) is 12.3. The second-order valence-electron chi connectivity index (χ2n) is 8.09. The molecule has 0 N–H and O–H groups in total. The van der Waals surface area contributed by atoms with Crippen LogP contribution in [0.25, 0.3) is 20.8 Å². The molecule has 35 heavy (non-hydrogen) atoms. The Bertz CT molecular complexity index is 1490. The van der Waals surface area contributed by atoms with Crippen molar-refractivity contribution in [1.29, 1.82) is 0 Å². The Morgan fingerprint density at radius 3 is 1.86 bits per heavy atom. The van der Waals surface area contributed by atoms with Crippen molar-refractivity contribution in [2.45, 2.75) is 0 Å². The molecule has 0 aliphatic rings. The minimum absolute atomic E-state index is 0.765. The van der Waals surface area contributed by atoms with Crippen LogP contribution in [0, 0.1) is 0 Å². The van der Waals surface area contributed by atoms with Crippen molar-refractivity contribution in [2.75, 3.05) is 4.90 Å². The predicted octanol–water partition coefficient (Wildman–Crippen LogP) is 9.23. The number of ether oxygens (including phenoxy) is 1. The van der Waals surface area contributed by atoms with Crippen LogP contribution in [0.4, 0.5) is 17.1 Å². The van der Waals surface area contributed by atoms with Crippen molar-refractivity contribution in [3.63, 3.8) is 0 Å². The molecule has 1 heterocycles. The molecule has 4 heteroatoms. The molecule has 0 saturated carbocycles. The molecule has 0 unspecified atom stereocenters. The van der Waals surface area contributed by atoms with Crippen LogP contribution in [0.2, 0.25) is 0 Å². The first-order valence-electron chi connectivity index (χ1n) is 11.5. The summed E-state index contributed by atoms with van der Waals surface area (Å²) in [5.74, 6) is 1.55. The molecule has 3 nitrogen and oxygen atoms in total. The fraction of sp³-hybridized carbons (Fsp3) is 0. The number of benzene rings is 5. The summed E-state index contributed by atoms with van der Waals surface area (Å²) in [6.07, 6.45) is 0. The molecule has 0 aliphatic heterocycles. The number of thiazole rings is 1. The van der Waals surface area contributed by atoms with E-state index in [1.165, 1.54) is 4.70 Å². The van der Waals surface area contributed by atoms with Crippen LogP contribution in [0.5, 0.6) is 11.5 Å². The number of nitrogens with zero attached hydrogens (tertiary/aromatic N) is 2. The van der Waals surface area contributed by atoms with Gasteiger partial charge in [0, 0.05) is 16.9 Å². The minimum atomic E-state index is 0.765. The molecule has 0 amide bonds. The topological polar surface area (TPSA) is 25.4 Å². The van der Waals surface area contributed by atoms with E-state index < -0.39 is 0 Å². The lowest BCUT2D eigenvalue weighted by Gasteiger charge is -2.27. The van der Waals surface area contributed by atoms with Crippen molar-refractivity contribution in [2.24, 2.45) is 0 Å². The molecule has 168 valence electrons. The average Bonchev–Trinajstić information content (AvgIpc) is 3.36. The first kappa shape index (κ1) is 21.1. The number of hydrogen-bond donors (Lipinski definition) is 0. The summed E-state index contributed by atoms with van der Waals surface area (Å²) in [7, 11) is 0. The number of para-hydroxylation sites is 4. The van der Waals surface area contributed by atoms with Gasteiger partial charge in [-0.1, -0.05) is 66.7 Å². The maximum atomic E-state index is 6.50. The van der Waals surface area contributed by atoms with E-state index in [0.717, 1.165) is 44.6 Å². The zero-order chi connectivity index (χ0) is 23.5. The van der Waals surface area contributed by atoms with Gasteiger partial charge in [-0.15, -0.1) is 11.3 Å². The summed E-state index contributed by atoms with van der Waals surface area (Å²) in [5.41, 5.74) is 5.11. The van der Waals surface area contributed by atoms with Crippen LogP contribution in [0.3, 0.4) is 0 Å². The van der Waals surface area contributed by atoms with Crippen LogP contribution in [-0.2, 0) is 0 Å². The Kier molecular flexibility index (Phi) is 5.71. The fourth-order valence-electron chi connectivity index (χ4n) is 4.11. The van der Waals surface area contributed by atoms with Crippen LogP contribution >= 0.6 is 11.3 Å². The SMILES string of the molecule is c1ccc(Oc2cc(-c3nc4ccccc4s3)ccc2N(c2ccccc2)c2ccccc2)cc1. The van der Waals surface area contributed by atoms with E-state index in [2.05, 4.69) is 89.8 Å². The second kappa shape index (κ2) is 9.45. The summed E-state index contributed by atoms with van der Waals surface area (Å²) in [6, 6.07) is 45.2. The van der Waals surface area contributed by atoms with Gasteiger partial charge in [0.05, 0.1) is 15.9 Å². The third kappa shape index (κ3) is 4.39. The Hall–Kier alpha value is -4.41. The molecule has 0 fully saturated rings. The molecule has 1 aromatic heterocycles. The molecule has 5 aromatic carbocycles. The largest absolute Gasteiger partial charge is 0.455 e. The third-order valence-corrected chi connectivity index (χ3v) is 6.83. The molecule has 0 spiro atoms. The highest BCUT2D eigenvalue weighted by Gasteiger charge is 2.19. The van der Waals surface area contributed by atoms with Crippen LogP contribution in [0.1, 0.15) is 0 Å². The smallest absolute Gasteiger partial charge is 0.152 e. The van der Waals surface area contributed by atoms with Gasteiger partial charge in [0.2, 0.25) is 0 Å². The average molecular weight is 471 g/mol. The first-order chi connectivity index (χ1) is 17.3. The molecular formula is C31H22N2OS. The van der Waals surface area contributed by atoms with Gasteiger partial charge in [-0.3, -0.25) is 0 Å². The quantitative estimate of drug-likeness (QED) is 0.242. The Morgan fingerprint density at radius 2 is 1.20 bits per heavy atom. The molecule has 0 atom stereocenters. The monoisotopic (exact) mass is 470 g/mol. The molecule has 6 rings (SSSR count). The van der Waals surface area contributed by atoms with Gasteiger partial charge in [-0.05, 0) is 66.7 Å². The number of aromatic nitrogens is 1. The summed E-state index contributed by atoms with van der Waals surface area (Å²) >= 11 is 1.69. The van der Waals surface area contributed by atoms with E-state index in [9.17, 15) is 0 Å². The van der Waals surface area contributed by atoms with E-state index in [1.54, 1.807) is 11.3 Å². The van der Waals surface area contributed by atoms with Gasteiger partial charge in [0.15, 0.2) is 5.75 Å². The zero-order valence-electron chi connectivity index (χ0n) is 18.9. The van der Waals surface area contributed by atoms with Gasteiger partial charge in [-0.2, -0.15) is 0 Å². The number of hydrogen-bond acceptors (Lipinski definition) is 4. The van der Waals surface area contributed by atoms with E-state index >= 15 is 0 Å². The van der Waals surface area contributed by atoms with Crippen molar-refractivity contribution in [3.8, 4) is 22.1 Å². The maximum absolute atomic E-state index is 6.50. The van der Waals surface area contributed by atoms with E-state index in [0.29, 0.717) is 0 Å².